The van der Waals surface area contributed by atoms with Crippen molar-refractivity contribution in [3.05, 3.63) is 132 Å². The van der Waals surface area contributed by atoms with Gasteiger partial charge in [-0.3, -0.25) is 14.6 Å². The van der Waals surface area contributed by atoms with Crippen molar-refractivity contribution in [2.24, 2.45) is 5.92 Å². The van der Waals surface area contributed by atoms with Gasteiger partial charge in [-0.1, -0.05) is 66.7 Å². The number of hydrogen-bond acceptors (Lipinski definition) is 8. The summed E-state index contributed by atoms with van der Waals surface area (Å²) in [4.78, 5) is 50.2. The summed E-state index contributed by atoms with van der Waals surface area (Å²) < 4.78 is 11.1. The zero-order chi connectivity index (χ0) is 32.6. The minimum absolute atomic E-state index is 0.138. The van der Waals surface area contributed by atoms with Gasteiger partial charge in [-0.05, 0) is 60.7 Å². The number of methoxy groups -OCH3 is 1. The molecule has 0 radical (unpaired) electrons. The summed E-state index contributed by atoms with van der Waals surface area (Å²) in [6.07, 6.45) is 4.11. The number of anilines is 1. The van der Waals surface area contributed by atoms with Crippen LogP contribution in [-0.2, 0) is 16.0 Å². The number of benzene rings is 4. The molecule has 9 nitrogen and oxygen atoms in total. The second kappa shape index (κ2) is 14.7. The summed E-state index contributed by atoms with van der Waals surface area (Å²) in [5.41, 5.74) is 4.24. The van der Waals surface area contributed by atoms with Crippen molar-refractivity contribution in [3.8, 4) is 5.75 Å². The lowest BCUT2D eigenvalue weighted by Gasteiger charge is -2.22. The van der Waals surface area contributed by atoms with Crippen LogP contribution in [0.3, 0.4) is 0 Å². The lowest BCUT2D eigenvalue weighted by atomic mass is 10.00. The zero-order valence-electron chi connectivity index (χ0n) is 26.2. The molecule has 1 N–H and O–H groups in total. The molecule has 238 valence electrons. The predicted octanol–water partition coefficient (Wildman–Crippen LogP) is 5.99. The van der Waals surface area contributed by atoms with Crippen molar-refractivity contribution in [2.75, 3.05) is 32.1 Å². The maximum atomic E-state index is 13.4. The van der Waals surface area contributed by atoms with Crippen molar-refractivity contribution in [1.29, 1.82) is 0 Å². The van der Waals surface area contributed by atoms with E-state index in [9.17, 15) is 14.4 Å². The highest BCUT2D eigenvalue weighted by molar-refractivity contribution is 6.12. The first-order chi connectivity index (χ1) is 23.0. The van der Waals surface area contributed by atoms with Crippen LogP contribution in [0.2, 0.25) is 0 Å². The Balaban J connectivity index is 1.08. The Bertz CT molecular complexity index is 1860. The summed E-state index contributed by atoms with van der Waals surface area (Å²) in [6, 6.07) is 30.4. The number of carbonyl (C=O) groups excluding carboxylic acids is 3. The molecule has 0 unspecified atom stereocenters. The minimum Gasteiger partial charge on any atom is -0.492 e. The Kier molecular flexibility index (Phi) is 9.81. The predicted molar refractivity (Wildman–Crippen MR) is 180 cm³/mol. The number of para-hydroxylation sites is 3. The second-order valence-corrected chi connectivity index (χ2v) is 11.6. The van der Waals surface area contributed by atoms with Crippen LogP contribution in [0.4, 0.5) is 5.69 Å². The van der Waals surface area contributed by atoms with Gasteiger partial charge in [-0.15, -0.1) is 0 Å². The van der Waals surface area contributed by atoms with Gasteiger partial charge >= 0.3 is 5.97 Å². The number of ketones is 1. The fraction of sp³-hybridized carbons (Fsp3) is 0.237. The number of nitrogens with one attached hydrogen (secondary N) is 1. The molecular formula is C38H36N4O5. The highest BCUT2D eigenvalue weighted by Gasteiger charge is 2.28. The maximum absolute atomic E-state index is 13.4. The van der Waals surface area contributed by atoms with Crippen LogP contribution in [0.1, 0.15) is 44.8 Å². The number of ether oxygens (including phenoxy) is 2. The summed E-state index contributed by atoms with van der Waals surface area (Å²) >= 11 is 0. The van der Waals surface area contributed by atoms with E-state index < -0.39 is 12.0 Å². The van der Waals surface area contributed by atoms with Gasteiger partial charge in [0.1, 0.15) is 24.1 Å². The summed E-state index contributed by atoms with van der Waals surface area (Å²) in [6.45, 7) is 1.40. The standard InChI is InChI=1S/C38H36N4O5/c1-46-38(45)34(40-31-12-6-5-11-30(31)36(43)28-9-3-2-4-10-28)23-26-17-19-29(20-18-26)47-22-21-42(25-27-15-16-27)37(44)35-24-39-32-13-7-8-14-33(32)41-35/h2-14,17-20,24,27,34,40H,15-16,21-23,25H2,1H3/t34-/m0/s1. The largest absolute Gasteiger partial charge is 0.492 e. The molecule has 0 saturated heterocycles. The molecule has 1 heterocycles. The van der Waals surface area contributed by atoms with E-state index in [4.69, 9.17) is 9.47 Å². The van der Waals surface area contributed by atoms with E-state index in [0.717, 1.165) is 23.9 Å². The molecule has 4 aromatic carbocycles. The molecule has 1 aliphatic carbocycles. The molecule has 1 fully saturated rings. The van der Waals surface area contributed by atoms with Gasteiger partial charge in [0.25, 0.3) is 5.91 Å². The molecule has 1 saturated carbocycles. The Morgan fingerprint density at radius 2 is 1.57 bits per heavy atom. The van der Waals surface area contributed by atoms with E-state index in [1.165, 1.54) is 7.11 Å². The van der Waals surface area contributed by atoms with Crippen LogP contribution in [0.25, 0.3) is 11.0 Å². The fourth-order valence-electron chi connectivity index (χ4n) is 5.42. The molecule has 1 amide bonds. The second-order valence-electron chi connectivity index (χ2n) is 11.6. The number of carbonyl (C=O) groups is 3. The lowest BCUT2D eigenvalue weighted by Crippen LogP contribution is -2.36. The third-order valence-electron chi connectivity index (χ3n) is 8.15. The van der Waals surface area contributed by atoms with E-state index in [2.05, 4.69) is 15.3 Å². The maximum Gasteiger partial charge on any atom is 0.328 e. The molecule has 0 aliphatic heterocycles. The molecule has 0 bridgehead atoms. The summed E-state index contributed by atoms with van der Waals surface area (Å²) in [7, 11) is 1.35. The normalized spacial score (nSPS) is 13.0. The quantitative estimate of drug-likeness (QED) is 0.118. The van der Waals surface area contributed by atoms with Gasteiger partial charge in [-0.2, -0.15) is 0 Å². The first-order valence-electron chi connectivity index (χ1n) is 15.7. The van der Waals surface area contributed by atoms with Gasteiger partial charge in [0.15, 0.2) is 5.78 Å². The van der Waals surface area contributed by atoms with E-state index in [-0.39, 0.29) is 11.7 Å². The van der Waals surface area contributed by atoms with Gasteiger partial charge in [-0.25, -0.2) is 9.78 Å². The number of rotatable bonds is 14. The average molecular weight is 629 g/mol. The molecular weight excluding hydrogens is 592 g/mol. The zero-order valence-corrected chi connectivity index (χ0v) is 26.2. The molecule has 47 heavy (non-hydrogen) atoms. The minimum atomic E-state index is -0.725. The number of amides is 1. The van der Waals surface area contributed by atoms with Crippen LogP contribution in [0, 0.1) is 5.92 Å². The first kappa shape index (κ1) is 31.4. The number of fused-ring (bicyclic) bond motifs is 1. The fourth-order valence-corrected chi connectivity index (χ4v) is 5.42. The SMILES string of the molecule is COC(=O)[C@H](Cc1ccc(OCCN(CC2CC2)C(=O)c2cnc3ccccc3n2)cc1)Nc1ccccc1C(=O)c1ccccc1. The third kappa shape index (κ3) is 7.99. The molecule has 9 heteroatoms. The van der Waals surface area contributed by atoms with Crippen molar-refractivity contribution in [3.63, 3.8) is 0 Å². The Hall–Kier alpha value is -5.57. The number of hydrogen-bond donors (Lipinski definition) is 1. The molecule has 6 rings (SSSR count). The van der Waals surface area contributed by atoms with Crippen LogP contribution < -0.4 is 10.1 Å². The summed E-state index contributed by atoms with van der Waals surface area (Å²) in [5, 5.41) is 3.24. The lowest BCUT2D eigenvalue weighted by molar-refractivity contribution is -0.141. The van der Waals surface area contributed by atoms with Crippen molar-refractivity contribution in [2.45, 2.75) is 25.3 Å². The molecule has 0 spiro atoms. The first-order valence-corrected chi connectivity index (χ1v) is 15.7. The van der Waals surface area contributed by atoms with Crippen molar-refractivity contribution >= 4 is 34.4 Å². The topological polar surface area (TPSA) is 111 Å². The smallest absolute Gasteiger partial charge is 0.328 e. The molecule has 1 aromatic heterocycles. The van der Waals surface area contributed by atoms with Gasteiger partial charge in [0.2, 0.25) is 0 Å². The highest BCUT2D eigenvalue weighted by atomic mass is 16.5. The summed E-state index contributed by atoms with van der Waals surface area (Å²) in [5.74, 6) is 0.429. The molecule has 1 atom stereocenters. The third-order valence-corrected chi connectivity index (χ3v) is 8.15. The molecule has 1 aliphatic rings. The number of nitrogens with zero attached hydrogens (tertiary/aromatic N) is 3. The van der Waals surface area contributed by atoms with Crippen LogP contribution in [-0.4, -0.2) is 65.4 Å². The Morgan fingerprint density at radius 1 is 0.872 bits per heavy atom. The van der Waals surface area contributed by atoms with E-state index in [1.807, 2.05) is 72.8 Å². The van der Waals surface area contributed by atoms with Crippen LogP contribution in [0.5, 0.6) is 5.75 Å². The van der Waals surface area contributed by atoms with Crippen molar-refractivity contribution < 1.29 is 23.9 Å². The van der Waals surface area contributed by atoms with Crippen LogP contribution in [0.15, 0.2) is 109 Å². The van der Waals surface area contributed by atoms with Crippen LogP contribution >= 0.6 is 0 Å². The molecule has 5 aromatic rings. The monoisotopic (exact) mass is 628 g/mol. The van der Waals surface area contributed by atoms with Crippen molar-refractivity contribution in [1.82, 2.24) is 14.9 Å². The van der Waals surface area contributed by atoms with E-state index in [1.54, 1.807) is 41.4 Å². The number of esters is 1. The Morgan fingerprint density at radius 3 is 2.32 bits per heavy atom. The Labute approximate surface area is 273 Å². The van der Waals surface area contributed by atoms with E-state index in [0.29, 0.717) is 65.8 Å². The van der Waals surface area contributed by atoms with Gasteiger partial charge in [0, 0.05) is 29.8 Å². The van der Waals surface area contributed by atoms with Gasteiger partial charge in [0.05, 0.1) is 30.9 Å². The van der Waals surface area contributed by atoms with Gasteiger partial charge < -0.3 is 19.7 Å². The highest BCUT2D eigenvalue weighted by Crippen LogP contribution is 2.30. The number of aromatic nitrogens is 2. The average Bonchev–Trinajstić information content (AvgIpc) is 3.95. The van der Waals surface area contributed by atoms with E-state index >= 15 is 0 Å².